The van der Waals surface area contributed by atoms with Crippen LogP contribution in [0.2, 0.25) is 0 Å². The lowest BCUT2D eigenvalue weighted by Gasteiger charge is -2.36. The number of ether oxygens (including phenoxy) is 1. The monoisotopic (exact) mass is 186 g/mol. The minimum absolute atomic E-state index is 0.0637. The lowest BCUT2D eigenvalue weighted by atomic mass is 10.3. The molecule has 0 aromatic rings. The van der Waals surface area contributed by atoms with Crippen LogP contribution in [0, 0.1) is 0 Å². The molecule has 4 heteroatoms. The average molecular weight is 186 g/mol. The summed E-state index contributed by atoms with van der Waals surface area (Å²) in [6.07, 6.45) is 0.389. The van der Waals surface area contributed by atoms with E-state index in [1.54, 1.807) is 0 Å². The van der Waals surface area contributed by atoms with E-state index in [9.17, 15) is 4.79 Å². The van der Waals surface area contributed by atoms with Gasteiger partial charge < -0.3 is 9.64 Å². The summed E-state index contributed by atoms with van der Waals surface area (Å²) < 4.78 is 5.27. The standard InChI is InChI=1S/C9H18N2O2/c1-4-9(12)13-8-7-10(2)5-6-11(8)3/h8H,4-7H2,1-3H3. The van der Waals surface area contributed by atoms with Crippen molar-refractivity contribution in [2.45, 2.75) is 19.6 Å². The predicted octanol–water partition coefficient (Wildman–Crippen LogP) is 0.143. The Kier molecular flexibility index (Phi) is 3.69. The van der Waals surface area contributed by atoms with E-state index >= 15 is 0 Å². The largest absolute Gasteiger partial charge is 0.445 e. The van der Waals surface area contributed by atoms with Crippen molar-refractivity contribution >= 4 is 5.97 Å². The summed E-state index contributed by atoms with van der Waals surface area (Å²) in [7, 11) is 4.03. The van der Waals surface area contributed by atoms with Crippen molar-refractivity contribution in [1.29, 1.82) is 0 Å². The maximum Gasteiger partial charge on any atom is 0.307 e. The van der Waals surface area contributed by atoms with Gasteiger partial charge in [-0.3, -0.25) is 9.69 Å². The van der Waals surface area contributed by atoms with Gasteiger partial charge in [0.1, 0.15) is 0 Å². The Morgan fingerprint density at radius 3 is 2.77 bits per heavy atom. The summed E-state index contributed by atoms with van der Waals surface area (Å²) in [5.41, 5.74) is 0. The van der Waals surface area contributed by atoms with Crippen LogP contribution in [0.1, 0.15) is 13.3 Å². The number of hydrogen-bond acceptors (Lipinski definition) is 4. The highest BCUT2D eigenvalue weighted by Crippen LogP contribution is 2.07. The highest BCUT2D eigenvalue weighted by Gasteiger charge is 2.24. The van der Waals surface area contributed by atoms with Gasteiger partial charge in [-0.05, 0) is 14.1 Å². The van der Waals surface area contributed by atoms with Crippen LogP contribution in [0.3, 0.4) is 0 Å². The molecular formula is C9H18N2O2. The summed E-state index contributed by atoms with van der Waals surface area (Å²) in [5, 5.41) is 0. The van der Waals surface area contributed by atoms with Crippen LogP contribution >= 0.6 is 0 Å². The first-order valence-corrected chi connectivity index (χ1v) is 4.71. The summed E-state index contributed by atoms with van der Waals surface area (Å²) in [5.74, 6) is -0.118. The summed E-state index contributed by atoms with van der Waals surface area (Å²) in [6, 6.07) is 0. The number of rotatable bonds is 2. The molecule has 1 heterocycles. The number of hydrogen-bond donors (Lipinski definition) is 0. The highest BCUT2D eigenvalue weighted by molar-refractivity contribution is 5.69. The Balaban J connectivity index is 2.41. The number of carbonyl (C=O) groups excluding carboxylic acids is 1. The van der Waals surface area contributed by atoms with Crippen molar-refractivity contribution in [3.8, 4) is 0 Å². The van der Waals surface area contributed by atoms with Gasteiger partial charge in [-0.25, -0.2) is 0 Å². The summed E-state index contributed by atoms with van der Waals surface area (Å²) in [4.78, 5) is 15.3. The Morgan fingerprint density at radius 1 is 1.46 bits per heavy atom. The average Bonchev–Trinajstić information content (AvgIpc) is 2.11. The van der Waals surface area contributed by atoms with Gasteiger partial charge in [0, 0.05) is 26.1 Å². The van der Waals surface area contributed by atoms with Crippen molar-refractivity contribution in [2.75, 3.05) is 33.7 Å². The zero-order chi connectivity index (χ0) is 9.84. The van der Waals surface area contributed by atoms with Crippen LogP contribution in [0.15, 0.2) is 0 Å². The van der Waals surface area contributed by atoms with Crippen molar-refractivity contribution in [3.63, 3.8) is 0 Å². The molecule has 1 saturated heterocycles. The van der Waals surface area contributed by atoms with E-state index in [2.05, 4.69) is 9.80 Å². The number of esters is 1. The molecule has 1 rings (SSSR count). The Hall–Kier alpha value is -0.610. The van der Waals surface area contributed by atoms with E-state index in [0.29, 0.717) is 6.42 Å². The van der Waals surface area contributed by atoms with E-state index in [1.165, 1.54) is 0 Å². The third kappa shape index (κ3) is 2.97. The molecule has 0 aliphatic carbocycles. The molecule has 0 radical (unpaired) electrons. The maximum atomic E-state index is 11.1. The molecule has 0 aromatic heterocycles. The lowest BCUT2D eigenvalue weighted by Crippen LogP contribution is -2.51. The topological polar surface area (TPSA) is 32.8 Å². The van der Waals surface area contributed by atoms with Gasteiger partial charge in [0.2, 0.25) is 0 Å². The van der Waals surface area contributed by atoms with Gasteiger partial charge in [-0.15, -0.1) is 0 Å². The third-order valence-electron chi connectivity index (χ3n) is 2.35. The van der Waals surface area contributed by atoms with E-state index < -0.39 is 0 Å². The zero-order valence-electron chi connectivity index (χ0n) is 8.62. The van der Waals surface area contributed by atoms with Crippen molar-refractivity contribution in [2.24, 2.45) is 0 Å². The molecule has 0 N–H and O–H groups in total. The minimum atomic E-state index is -0.118. The van der Waals surface area contributed by atoms with Gasteiger partial charge in [-0.2, -0.15) is 0 Å². The van der Waals surface area contributed by atoms with Crippen LogP contribution in [0.25, 0.3) is 0 Å². The van der Waals surface area contributed by atoms with Crippen molar-refractivity contribution in [3.05, 3.63) is 0 Å². The molecule has 0 amide bonds. The molecule has 1 atom stereocenters. The Bertz CT molecular complexity index is 184. The molecule has 1 unspecified atom stereocenters. The van der Waals surface area contributed by atoms with Gasteiger partial charge in [0.05, 0.1) is 0 Å². The molecule has 0 spiro atoms. The number of likely N-dealkylation sites (N-methyl/N-ethyl adjacent to an activating group) is 2. The molecule has 1 aliphatic heterocycles. The fraction of sp³-hybridized carbons (Fsp3) is 0.889. The van der Waals surface area contributed by atoms with Gasteiger partial charge in [-0.1, -0.05) is 6.92 Å². The fourth-order valence-electron chi connectivity index (χ4n) is 1.33. The molecule has 4 nitrogen and oxygen atoms in total. The molecular weight excluding hydrogens is 168 g/mol. The second-order valence-electron chi connectivity index (χ2n) is 3.54. The first-order valence-electron chi connectivity index (χ1n) is 4.71. The fourth-order valence-corrected chi connectivity index (χ4v) is 1.33. The van der Waals surface area contributed by atoms with Crippen LogP contribution < -0.4 is 0 Å². The zero-order valence-corrected chi connectivity index (χ0v) is 8.62. The second kappa shape index (κ2) is 4.58. The molecule has 0 bridgehead atoms. The smallest absolute Gasteiger partial charge is 0.307 e. The minimum Gasteiger partial charge on any atom is -0.445 e. The van der Waals surface area contributed by atoms with Crippen molar-refractivity contribution in [1.82, 2.24) is 9.80 Å². The first-order chi connectivity index (χ1) is 6.13. The van der Waals surface area contributed by atoms with E-state index in [4.69, 9.17) is 4.74 Å². The van der Waals surface area contributed by atoms with Crippen molar-refractivity contribution < 1.29 is 9.53 Å². The van der Waals surface area contributed by atoms with Crippen LogP contribution in [-0.4, -0.2) is 55.7 Å². The summed E-state index contributed by atoms with van der Waals surface area (Å²) in [6.45, 7) is 4.62. The maximum absolute atomic E-state index is 11.1. The third-order valence-corrected chi connectivity index (χ3v) is 2.35. The molecule has 76 valence electrons. The van der Waals surface area contributed by atoms with E-state index in [-0.39, 0.29) is 12.2 Å². The SMILES string of the molecule is CCC(=O)OC1CN(C)CCN1C. The Morgan fingerprint density at radius 2 is 2.15 bits per heavy atom. The van der Waals surface area contributed by atoms with Crippen LogP contribution in [0.5, 0.6) is 0 Å². The van der Waals surface area contributed by atoms with Gasteiger partial charge >= 0.3 is 5.97 Å². The molecule has 1 aliphatic rings. The quantitative estimate of drug-likeness (QED) is 0.574. The Labute approximate surface area is 79.4 Å². The van der Waals surface area contributed by atoms with Gasteiger partial charge in [0.15, 0.2) is 6.23 Å². The second-order valence-corrected chi connectivity index (χ2v) is 3.54. The lowest BCUT2D eigenvalue weighted by molar-refractivity contribution is -0.162. The molecule has 0 aromatic carbocycles. The number of piperazine rings is 1. The molecule has 13 heavy (non-hydrogen) atoms. The van der Waals surface area contributed by atoms with Gasteiger partial charge in [0.25, 0.3) is 0 Å². The van der Waals surface area contributed by atoms with E-state index in [1.807, 2.05) is 21.0 Å². The molecule has 0 saturated carbocycles. The molecule has 1 fully saturated rings. The predicted molar refractivity (Wildman–Crippen MR) is 50.3 cm³/mol. The van der Waals surface area contributed by atoms with Crippen LogP contribution in [-0.2, 0) is 9.53 Å². The summed E-state index contributed by atoms with van der Waals surface area (Å²) >= 11 is 0. The normalized spacial score (nSPS) is 25.9. The van der Waals surface area contributed by atoms with Crippen LogP contribution in [0.4, 0.5) is 0 Å². The highest BCUT2D eigenvalue weighted by atomic mass is 16.6. The number of nitrogens with zero attached hydrogens (tertiary/aromatic N) is 2. The first kappa shape index (κ1) is 10.5. The number of carbonyl (C=O) groups is 1. The van der Waals surface area contributed by atoms with E-state index in [0.717, 1.165) is 19.6 Å².